The van der Waals surface area contributed by atoms with Gasteiger partial charge in [0, 0.05) is 22.0 Å². The Morgan fingerprint density at radius 1 is 1.33 bits per heavy atom. The van der Waals surface area contributed by atoms with Gasteiger partial charge in [0.2, 0.25) is 0 Å². The summed E-state index contributed by atoms with van der Waals surface area (Å²) in [4.78, 5) is 3.49. The third-order valence-electron chi connectivity index (χ3n) is 4.04. The number of fused-ring (bicyclic) bond motifs is 1. The maximum absolute atomic E-state index is 5.67. The summed E-state index contributed by atoms with van der Waals surface area (Å²) in [5.41, 5.74) is 9.80. The molecule has 3 nitrogen and oxygen atoms in total. The summed E-state index contributed by atoms with van der Waals surface area (Å²) in [5.74, 6) is 0. The minimum atomic E-state index is 0.184. The van der Waals surface area contributed by atoms with Gasteiger partial charge in [0.25, 0.3) is 0 Å². The quantitative estimate of drug-likeness (QED) is 0.868. The van der Waals surface area contributed by atoms with Crippen LogP contribution in [0.3, 0.4) is 0 Å². The topological polar surface area (TPSA) is 51.0 Å². The Balaban J connectivity index is 2.09. The number of nitrogens with one attached hydrogen (secondary N) is 1. The van der Waals surface area contributed by atoms with Crippen molar-refractivity contribution in [2.24, 2.45) is 5.73 Å². The summed E-state index contributed by atoms with van der Waals surface area (Å²) in [7, 11) is 0. The van der Waals surface area contributed by atoms with Crippen LogP contribution in [0.25, 0.3) is 10.9 Å². The molecule has 3 heteroatoms. The number of aromatic amines is 1. The van der Waals surface area contributed by atoms with Gasteiger partial charge in [-0.1, -0.05) is 18.2 Å². The van der Waals surface area contributed by atoms with Crippen molar-refractivity contribution in [2.75, 3.05) is 19.8 Å². The van der Waals surface area contributed by atoms with Crippen LogP contribution in [-0.4, -0.2) is 24.7 Å². The monoisotopic (exact) mass is 244 g/mol. The van der Waals surface area contributed by atoms with Crippen LogP contribution in [0.5, 0.6) is 0 Å². The van der Waals surface area contributed by atoms with E-state index in [0.29, 0.717) is 0 Å². The van der Waals surface area contributed by atoms with Gasteiger partial charge in [-0.15, -0.1) is 0 Å². The van der Waals surface area contributed by atoms with E-state index in [0.717, 1.165) is 32.6 Å². The Hall–Kier alpha value is -1.32. The molecule has 0 atom stereocenters. The van der Waals surface area contributed by atoms with Crippen molar-refractivity contribution in [3.05, 3.63) is 35.5 Å². The highest BCUT2D eigenvalue weighted by atomic mass is 16.5. The number of aromatic nitrogens is 1. The van der Waals surface area contributed by atoms with Crippen LogP contribution in [-0.2, 0) is 10.2 Å². The van der Waals surface area contributed by atoms with Crippen molar-refractivity contribution in [1.29, 1.82) is 0 Å². The van der Waals surface area contributed by atoms with Gasteiger partial charge in [0.15, 0.2) is 0 Å². The molecular weight excluding hydrogens is 224 g/mol. The number of hydrogen-bond acceptors (Lipinski definition) is 2. The second-order valence-electron chi connectivity index (χ2n) is 5.34. The predicted octanol–water partition coefficient (Wildman–Crippen LogP) is 2.48. The summed E-state index contributed by atoms with van der Waals surface area (Å²) >= 11 is 0. The first-order chi connectivity index (χ1) is 8.77. The van der Waals surface area contributed by atoms with E-state index in [1.807, 2.05) is 0 Å². The molecule has 2 aromatic rings. The minimum Gasteiger partial charge on any atom is -0.379 e. The molecule has 3 N–H and O–H groups in total. The first-order valence-electron chi connectivity index (χ1n) is 6.62. The van der Waals surface area contributed by atoms with E-state index in [1.165, 1.54) is 22.2 Å². The lowest BCUT2D eigenvalue weighted by molar-refractivity contribution is -0.0644. The lowest BCUT2D eigenvalue weighted by Crippen LogP contribution is -2.47. The van der Waals surface area contributed by atoms with Crippen LogP contribution in [0.15, 0.2) is 24.3 Å². The van der Waals surface area contributed by atoms with Crippen LogP contribution in [0.4, 0.5) is 0 Å². The molecule has 1 aromatic carbocycles. The Morgan fingerprint density at radius 3 is 2.78 bits per heavy atom. The van der Waals surface area contributed by atoms with E-state index in [-0.39, 0.29) is 5.41 Å². The summed E-state index contributed by atoms with van der Waals surface area (Å²) in [6.07, 6.45) is 2.18. The number of ether oxygens (including phenoxy) is 1. The zero-order valence-corrected chi connectivity index (χ0v) is 10.8. The summed E-state index contributed by atoms with van der Waals surface area (Å²) < 4.78 is 5.51. The average Bonchev–Trinajstić information content (AvgIpc) is 2.66. The lowest BCUT2D eigenvalue weighted by atomic mass is 9.73. The molecular formula is C15H20N2O. The highest BCUT2D eigenvalue weighted by Crippen LogP contribution is 2.42. The molecule has 0 aliphatic carbocycles. The standard InChI is InChI=1S/C15H20N2O/c1-11-14(12-5-2-3-6-13(12)17-11)15(7-4-8-16)9-18-10-15/h2-3,5-6,17H,4,7-10,16H2,1H3. The predicted molar refractivity (Wildman–Crippen MR) is 73.8 cm³/mol. The largest absolute Gasteiger partial charge is 0.379 e. The van der Waals surface area contributed by atoms with Crippen molar-refractivity contribution in [1.82, 2.24) is 4.98 Å². The smallest absolute Gasteiger partial charge is 0.0586 e. The Kier molecular flexibility index (Phi) is 2.88. The van der Waals surface area contributed by atoms with Gasteiger partial charge in [-0.3, -0.25) is 0 Å². The first-order valence-corrected chi connectivity index (χ1v) is 6.62. The molecule has 3 rings (SSSR count). The van der Waals surface area contributed by atoms with Crippen LogP contribution in [0.1, 0.15) is 24.1 Å². The Morgan fingerprint density at radius 2 is 2.11 bits per heavy atom. The Bertz CT molecular complexity index is 555. The fraction of sp³-hybridized carbons (Fsp3) is 0.467. The number of hydrogen-bond donors (Lipinski definition) is 2. The molecule has 0 bridgehead atoms. The molecule has 0 radical (unpaired) electrons. The van der Waals surface area contributed by atoms with E-state index < -0.39 is 0 Å². The molecule has 18 heavy (non-hydrogen) atoms. The third-order valence-corrected chi connectivity index (χ3v) is 4.04. The van der Waals surface area contributed by atoms with Gasteiger partial charge in [0.05, 0.1) is 13.2 Å². The normalized spacial score (nSPS) is 17.9. The molecule has 0 saturated carbocycles. The molecule has 1 fully saturated rings. The minimum absolute atomic E-state index is 0.184. The van der Waals surface area contributed by atoms with E-state index in [4.69, 9.17) is 10.5 Å². The maximum Gasteiger partial charge on any atom is 0.0586 e. The molecule has 1 aliphatic rings. The SMILES string of the molecule is Cc1[nH]c2ccccc2c1C1(CCCN)COC1. The third kappa shape index (κ3) is 1.66. The second kappa shape index (κ2) is 4.41. The number of benzene rings is 1. The Labute approximate surface area is 107 Å². The van der Waals surface area contributed by atoms with Crippen molar-refractivity contribution >= 4 is 10.9 Å². The number of para-hydroxylation sites is 1. The molecule has 1 aliphatic heterocycles. The van der Waals surface area contributed by atoms with Gasteiger partial charge >= 0.3 is 0 Å². The van der Waals surface area contributed by atoms with Crippen molar-refractivity contribution in [3.8, 4) is 0 Å². The lowest BCUT2D eigenvalue weighted by Gasteiger charge is -2.42. The fourth-order valence-corrected chi connectivity index (χ4v) is 3.16. The highest BCUT2D eigenvalue weighted by Gasteiger charge is 2.42. The van der Waals surface area contributed by atoms with Crippen LogP contribution < -0.4 is 5.73 Å². The van der Waals surface area contributed by atoms with E-state index in [1.54, 1.807) is 0 Å². The average molecular weight is 244 g/mol. The van der Waals surface area contributed by atoms with Crippen molar-refractivity contribution in [3.63, 3.8) is 0 Å². The van der Waals surface area contributed by atoms with Gasteiger partial charge < -0.3 is 15.5 Å². The van der Waals surface area contributed by atoms with Gasteiger partial charge in [-0.2, -0.15) is 0 Å². The molecule has 1 saturated heterocycles. The number of aryl methyl sites for hydroxylation is 1. The number of nitrogens with two attached hydrogens (primary N) is 1. The number of H-pyrrole nitrogens is 1. The van der Waals surface area contributed by atoms with Crippen LogP contribution in [0.2, 0.25) is 0 Å². The van der Waals surface area contributed by atoms with Gasteiger partial charge in [-0.25, -0.2) is 0 Å². The molecule has 0 spiro atoms. The van der Waals surface area contributed by atoms with Gasteiger partial charge in [0.1, 0.15) is 0 Å². The summed E-state index contributed by atoms with van der Waals surface area (Å²) in [5, 5.41) is 1.34. The van der Waals surface area contributed by atoms with Crippen LogP contribution >= 0.6 is 0 Å². The second-order valence-corrected chi connectivity index (χ2v) is 5.34. The summed E-state index contributed by atoms with van der Waals surface area (Å²) in [6.45, 7) is 4.58. The van der Waals surface area contributed by atoms with Crippen LogP contribution in [0, 0.1) is 6.92 Å². The zero-order chi connectivity index (χ0) is 12.6. The fourth-order valence-electron chi connectivity index (χ4n) is 3.16. The van der Waals surface area contributed by atoms with E-state index in [2.05, 4.69) is 36.2 Å². The summed E-state index contributed by atoms with van der Waals surface area (Å²) in [6, 6.07) is 8.53. The molecule has 0 unspecified atom stereocenters. The van der Waals surface area contributed by atoms with Crippen molar-refractivity contribution < 1.29 is 4.74 Å². The number of rotatable bonds is 4. The molecule has 2 heterocycles. The zero-order valence-electron chi connectivity index (χ0n) is 10.8. The van der Waals surface area contributed by atoms with Crippen molar-refractivity contribution in [2.45, 2.75) is 25.2 Å². The van der Waals surface area contributed by atoms with E-state index in [9.17, 15) is 0 Å². The first kappa shape index (κ1) is 11.8. The molecule has 0 amide bonds. The molecule has 1 aromatic heterocycles. The van der Waals surface area contributed by atoms with E-state index >= 15 is 0 Å². The maximum atomic E-state index is 5.67. The highest BCUT2D eigenvalue weighted by molar-refractivity contribution is 5.86. The molecule has 96 valence electrons. The van der Waals surface area contributed by atoms with Gasteiger partial charge in [-0.05, 0) is 37.9 Å².